The number of amides is 1. The zero-order valence-electron chi connectivity index (χ0n) is 11.4. The SMILES string of the molecule is CC(C)(C)OC(=O)N1CCCC2(CC(O)CO2)C1. The summed E-state index contributed by atoms with van der Waals surface area (Å²) in [4.78, 5) is 13.7. The molecule has 104 valence electrons. The highest BCUT2D eigenvalue weighted by atomic mass is 16.6. The van der Waals surface area contributed by atoms with Gasteiger partial charge in [0.25, 0.3) is 0 Å². The Hall–Kier alpha value is -0.810. The van der Waals surface area contributed by atoms with E-state index in [1.807, 2.05) is 20.8 Å². The third-order valence-electron chi connectivity index (χ3n) is 3.38. The normalized spacial score (nSPS) is 32.9. The number of nitrogens with zero attached hydrogens (tertiary/aromatic N) is 1. The van der Waals surface area contributed by atoms with Gasteiger partial charge in [0.2, 0.25) is 0 Å². The van der Waals surface area contributed by atoms with Crippen molar-refractivity contribution in [1.82, 2.24) is 4.90 Å². The first-order chi connectivity index (χ1) is 8.30. The van der Waals surface area contributed by atoms with Crippen LogP contribution < -0.4 is 0 Å². The molecule has 0 saturated carbocycles. The number of hydrogen-bond acceptors (Lipinski definition) is 4. The number of aliphatic hydroxyl groups is 1. The topological polar surface area (TPSA) is 59.0 Å². The van der Waals surface area contributed by atoms with E-state index in [1.165, 1.54) is 0 Å². The highest BCUT2D eigenvalue weighted by Crippen LogP contribution is 2.35. The van der Waals surface area contributed by atoms with Crippen LogP contribution in [-0.4, -0.2) is 53.1 Å². The van der Waals surface area contributed by atoms with Crippen LogP contribution in [-0.2, 0) is 9.47 Å². The summed E-state index contributed by atoms with van der Waals surface area (Å²) in [6, 6.07) is 0. The summed E-state index contributed by atoms with van der Waals surface area (Å²) in [5, 5.41) is 9.60. The van der Waals surface area contributed by atoms with E-state index in [0.29, 0.717) is 26.1 Å². The van der Waals surface area contributed by atoms with Crippen molar-refractivity contribution in [3.63, 3.8) is 0 Å². The van der Waals surface area contributed by atoms with Crippen molar-refractivity contribution in [3.05, 3.63) is 0 Å². The third kappa shape index (κ3) is 3.14. The fourth-order valence-electron chi connectivity index (χ4n) is 2.69. The first-order valence-electron chi connectivity index (χ1n) is 6.60. The number of aliphatic hydroxyl groups excluding tert-OH is 1. The average molecular weight is 257 g/mol. The van der Waals surface area contributed by atoms with Gasteiger partial charge < -0.3 is 19.5 Å². The second kappa shape index (κ2) is 4.70. The summed E-state index contributed by atoms with van der Waals surface area (Å²) >= 11 is 0. The van der Waals surface area contributed by atoms with Gasteiger partial charge in [0.05, 0.1) is 24.9 Å². The van der Waals surface area contributed by atoms with Gasteiger partial charge in [-0.3, -0.25) is 0 Å². The minimum absolute atomic E-state index is 0.286. The lowest BCUT2D eigenvalue weighted by molar-refractivity contribution is -0.0580. The molecule has 0 radical (unpaired) electrons. The van der Waals surface area contributed by atoms with Crippen LogP contribution in [0.2, 0.25) is 0 Å². The van der Waals surface area contributed by atoms with Crippen molar-refractivity contribution in [2.45, 2.75) is 57.3 Å². The Labute approximate surface area is 108 Å². The van der Waals surface area contributed by atoms with Crippen molar-refractivity contribution >= 4 is 6.09 Å². The molecule has 0 bridgehead atoms. The smallest absolute Gasteiger partial charge is 0.410 e. The molecule has 2 fully saturated rings. The van der Waals surface area contributed by atoms with Crippen LogP contribution in [0.5, 0.6) is 0 Å². The van der Waals surface area contributed by atoms with Crippen LogP contribution in [0.15, 0.2) is 0 Å². The molecular formula is C13H23NO4. The molecule has 0 aromatic rings. The number of hydrogen-bond donors (Lipinski definition) is 1. The Morgan fingerprint density at radius 2 is 2.22 bits per heavy atom. The van der Waals surface area contributed by atoms with E-state index in [0.717, 1.165) is 12.8 Å². The van der Waals surface area contributed by atoms with E-state index < -0.39 is 11.7 Å². The summed E-state index contributed by atoms with van der Waals surface area (Å²) < 4.78 is 11.1. The highest BCUT2D eigenvalue weighted by molar-refractivity contribution is 5.68. The molecule has 2 heterocycles. The number of likely N-dealkylation sites (tertiary alicyclic amines) is 1. The molecule has 2 aliphatic heterocycles. The Balaban J connectivity index is 1.97. The standard InChI is InChI=1S/C13H23NO4/c1-12(2,3)18-11(16)14-6-4-5-13(9-14)7-10(15)8-17-13/h10,15H,4-9H2,1-3H3. The van der Waals surface area contributed by atoms with Gasteiger partial charge >= 0.3 is 6.09 Å². The lowest BCUT2D eigenvalue weighted by Crippen LogP contribution is -2.51. The van der Waals surface area contributed by atoms with E-state index >= 15 is 0 Å². The van der Waals surface area contributed by atoms with Crippen LogP contribution in [0.3, 0.4) is 0 Å². The van der Waals surface area contributed by atoms with Gasteiger partial charge in [-0.25, -0.2) is 4.79 Å². The van der Waals surface area contributed by atoms with Crippen LogP contribution in [0, 0.1) is 0 Å². The van der Waals surface area contributed by atoms with Crippen LogP contribution in [0.4, 0.5) is 4.79 Å². The van der Waals surface area contributed by atoms with E-state index in [-0.39, 0.29) is 11.7 Å². The van der Waals surface area contributed by atoms with Crippen molar-refractivity contribution in [3.8, 4) is 0 Å². The van der Waals surface area contributed by atoms with E-state index in [4.69, 9.17) is 9.47 Å². The predicted molar refractivity (Wildman–Crippen MR) is 66.3 cm³/mol. The van der Waals surface area contributed by atoms with Crippen LogP contribution in [0.1, 0.15) is 40.0 Å². The molecule has 2 unspecified atom stereocenters. The van der Waals surface area contributed by atoms with Crippen molar-refractivity contribution in [1.29, 1.82) is 0 Å². The molecule has 5 nitrogen and oxygen atoms in total. The largest absolute Gasteiger partial charge is 0.444 e. The molecule has 2 rings (SSSR count). The average Bonchev–Trinajstić information content (AvgIpc) is 2.57. The molecule has 2 aliphatic rings. The molecular weight excluding hydrogens is 234 g/mol. The number of carbonyl (C=O) groups is 1. The van der Waals surface area contributed by atoms with E-state index in [2.05, 4.69) is 0 Å². The maximum atomic E-state index is 12.0. The van der Waals surface area contributed by atoms with Gasteiger partial charge in [0.15, 0.2) is 0 Å². The monoisotopic (exact) mass is 257 g/mol. The summed E-state index contributed by atoms with van der Waals surface area (Å²) in [5.41, 5.74) is -0.827. The molecule has 5 heteroatoms. The lowest BCUT2D eigenvalue weighted by Gasteiger charge is -2.39. The molecule has 18 heavy (non-hydrogen) atoms. The lowest BCUT2D eigenvalue weighted by atomic mass is 9.89. The summed E-state index contributed by atoms with van der Waals surface area (Å²) in [5.74, 6) is 0. The first-order valence-corrected chi connectivity index (χ1v) is 6.60. The van der Waals surface area contributed by atoms with Crippen molar-refractivity contribution in [2.24, 2.45) is 0 Å². The Morgan fingerprint density at radius 3 is 2.78 bits per heavy atom. The van der Waals surface area contributed by atoms with Crippen LogP contribution in [0.25, 0.3) is 0 Å². The molecule has 1 spiro atoms. The molecule has 1 N–H and O–H groups in total. The Kier molecular flexibility index (Phi) is 3.56. The predicted octanol–water partition coefficient (Wildman–Crippen LogP) is 1.54. The van der Waals surface area contributed by atoms with Gasteiger partial charge in [0, 0.05) is 13.0 Å². The second-order valence-electron chi connectivity index (χ2n) is 6.36. The van der Waals surface area contributed by atoms with Crippen molar-refractivity contribution in [2.75, 3.05) is 19.7 Å². The molecule has 2 saturated heterocycles. The zero-order chi connectivity index (χ0) is 13.4. The quantitative estimate of drug-likeness (QED) is 0.715. The minimum atomic E-state index is -0.474. The molecule has 0 aromatic carbocycles. The summed E-state index contributed by atoms with van der Waals surface area (Å²) in [6.07, 6.45) is 1.73. The summed E-state index contributed by atoms with van der Waals surface area (Å²) in [6.45, 7) is 7.19. The van der Waals surface area contributed by atoms with Crippen LogP contribution >= 0.6 is 0 Å². The molecule has 1 amide bonds. The van der Waals surface area contributed by atoms with Gasteiger partial charge in [-0.15, -0.1) is 0 Å². The fourth-order valence-corrected chi connectivity index (χ4v) is 2.69. The molecule has 0 aromatic heterocycles. The third-order valence-corrected chi connectivity index (χ3v) is 3.38. The van der Waals surface area contributed by atoms with Gasteiger partial charge in [-0.1, -0.05) is 0 Å². The van der Waals surface area contributed by atoms with Gasteiger partial charge in [0.1, 0.15) is 5.60 Å². The van der Waals surface area contributed by atoms with E-state index in [9.17, 15) is 9.90 Å². The molecule has 2 atom stereocenters. The number of piperidine rings is 1. The maximum absolute atomic E-state index is 12.0. The minimum Gasteiger partial charge on any atom is -0.444 e. The number of carbonyl (C=O) groups excluding carboxylic acids is 1. The fraction of sp³-hybridized carbons (Fsp3) is 0.923. The van der Waals surface area contributed by atoms with Crippen molar-refractivity contribution < 1.29 is 19.4 Å². The number of ether oxygens (including phenoxy) is 2. The first kappa shape index (κ1) is 13.6. The second-order valence-corrected chi connectivity index (χ2v) is 6.36. The Bertz CT molecular complexity index is 321. The number of rotatable bonds is 0. The zero-order valence-corrected chi connectivity index (χ0v) is 11.4. The summed E-state index contributed by atoms with van der Waals surface area (Å²) in [7, 11) is 0. The molecule has 0 aliphatic carbocycles. The Morgan fingerprint density at radius 1 is 1.50 bits per heavy atom. The van der Waals surface area contributed by atoms with Gasteiger partial charge in [-0.05, 0) is 33.6 Å². The maximum Gasteiger partial charge on any atom is 0.410 e. The van der Waals surface area contributed by atoms with Gasteiger partial charge in [-0.2, -0.15) is 0 Å². The van der Waals surface area contributed by atoms with E-state index in [1.54, 1.807) is 4.90 Å². The highest BCUT2D eigenvalue weighted by Gasteiger charge is 2.44.